The van der Waals surface area contributed by atoms with Crippen molar-refractivity contribution in [3.05, 3.63) is 0 Å². The molecule has 0 saturated carbocycles. The van der Waals surface area contributed by atoms with Crippen molar-refractivity contribution in [2.24, 2.45) is 5.92 Å². The topological polar surface area (TPSA) is 81.7 Å². The largest absolute Gasteiger partial charge is 0.465 e. The summed E-state index contributed by atoms with van der Waals surface area (Å²) < 4.78 is 9.66. The van der Waals surface area contributed by atoms with E-state index in [0.717, 1.165) is 0 Å². The molecule has 0 unspecified atom stereocenters. The number of rotatable bonds is 5. The summed E-state index contributed by atoms with van der Waals surface area (Å²) >= 11 is 0. The fraction of sp³-hybridized carbons (Fsp3) is 0.727. The first-order valence-corrected chi connectivity index (χ1v) is 5.72. The van der Waals surface area contributed by atoms with Crippen LogP contribution in [-0.4, -0.2) is 37.1 Å². The van der Waals surface area contributed by atoms with Gasteiger partial charge in [0.25, 0.3) is 0 Å². The number of carbonyl (C=O) groups is 3. The summed E-state index contributed by atoms with van der Waals surface area (Å²) in [6.07, 6.45) is 0.765. The van der Waals surface area contributed by atoms with Crippen LogP contribution in [0.2, 0.25) is 0 Å². The number of amides is 1. The van der Waals surface area contributed by atoms with Gasteiger partial charge in [0, 0.05) is 6.42 Å². The maximum absolute atomic E-state index is 11.7. The van der Waals surface area contributed by atoms with Crippen molar-refractivity contribution >= 4 is 17.8 Å². The lowest BCUT2D eigenvalue weighted by atomic mass is 9.98. The van der Waals surface area contributed by atoms with E-state index in [1.54, 1.807) is 13.8 Å². The predicted octanol–water partition coefficient (Wildman–Crippen LogP) is 0.00740. The molecule has 6 heteroatoms. The zero-order valence-corrected chi connectivity index (χ0v) is 10.0. The Kier molecular flexibility index (Phi) is 4.93. The molecular weight excluding hydrogens is 226 g/mol. The minimum atomic E-state index is -1.05. The van der Waals surface area contributed by atoms with Crippen molar-refractivity contribution in [3.63, 3.8) is 0 Å². The number of ether oxygens (including phenoxy) is 2. The van der Waals surface area contributed by atoms with Crippen LogP contribution in [0.25, 0.3) is 0 Å². The third kappa shape index (κ3) is 3.44. The van der Waals surface area contributed by atoms with E-state index in [1.165, 1.54) is 0 Å². The predicted molar refractivity (Wildman–Crippen MR) is 57.9 cm³/mol. The van der Waals surface area contributed by atoms with Crippen LogP contribution in [0.4, 0.5) is 0 Å². The molecule has 1 fully saturated rings. The van der Waals surface area contributed by atoms with Crippen LogP contribution in [0.3, 0.4) is 0 Å². The molecule has 1 aliphatic rings. The van der Waals surface area contributed by atoms with Gasteiger partial charge in [0.05, 0.1) is 19.3 Å². The van der Waals surface area contributed by atoms with Crippen LogP contribution >= 0.6 is 0 Å². The minimum absolute atomic E-state index is 0.159. The van der Waals surface area contributed by atoms with Crippen LogP contribution in [0.1, 0.15) is 26.7 Å². The van der Waals surface area contributed by atoms with Gasteiger partial charge in [-0.15, -0.1) is 0 Å². The molecule has 1 rings (SSSR count). The second-order valence-corrected chi connectivity index (χ2v) is 3.69. The van der Waals surface area contributed by atoms with E-state index in [4.69, 9.17) is 9.47 Å². The van der Waals surface area contributed by atoms with E-state index in [2.05, 4.69) is 5.32 Å². The lowest BCUT2D eigenvalue weighted by molar-refractivity contribution is -0.162. The Morgan fingerprint density at radius 2 is 1.82 bits per heavy atom. The summed E-state index contributed by atoms with van der Waals surface area (Å²) in [6.45, 7) is 3.70. The number of hydrogen-bond acceptors (Lipinski definition) is 5. The highest BCUT2D eigenvalue weighted by atomic mass is 16.6. The van der Waals surface area contributed by atoms with Gasteiger partial charge in [0.15, 0.2) is 5.92 Å². The third-order valence-electron chi connectivity index (χ3n) is 2.51. The highest BCUT2D eigenvalue weighted by molar-refractivity contribution is 5.97. The molecule has 0 aliphatic carbocycles. The zero-order valence-electron chi connectivity index (χ0n) is 10.0. The van der Waals surface area contributed by atoms with Crippen molar-refractivity contribution in [1.29, 1.82) is 0 Å². The zero-order chi connectivity index (χ0) is 12.8. The molecule has 0 bridgehead atoms. The molecule has 17 heavy (non-hydrogen) atoms. The van der Waals surface area contributed by atoms with E-state index in [-0.39, 0.29) is 19.1 Å². The van der Waals surface area contributed by atoms with E-state index >= 15 is 0 Å². The Morgan fingerprint density at radius 1 is 1.29 bits per heavy atom. The maximum Gasteiger partial charge on any atom is 0.322 e. The number of nitrogens with one attached hydrogen (secondary N) is 1. The van der Waals surface area contributed by atoms with Gasteiger partial charge < -0.3 is 14.8 Å². The highest BCUT2D eigenvalue weighted by Crippen LogP contribution is 2.19. The molecule has 96 valence electrons. The molecule has 0 radical (unpaired) electrons. The van der Waals surface area contributed by atoms with Gasteiger partial charge >= 0.3 is 11.9 Å². The van der Waals surface area contributed by atoms with E-state index in [0.29, 0.717) is 12.8 Å². The average Bonchev–Trinajstić information content (AvgIpc) is 2.66. The Bertz CT molecular complexity index is 297. The van der Waals surface area contributed by atoms with Crippen molar-refractivity contribution in [3.8, 4) is 0 Å². The Balaban J connectivity index is 2.74. The Labute approximate surface area is 99.6 Å². The first-order chi connectivity index (χ1) is 8.10. The highest BCUT2D eigenvalue weighted by Gasteiger charge is 2.40. The molecule has 1 heterocycles. The summed E-state index contributed by atoms with van der Waals surface area (Å²) in [5, 5.41) is 2.59. The van der Waals surface area contributed by atoms with Crippen molar-refractivity contribution < 1.29 is 23.9 Å². The maximum atomic E-state index is 11.7. The second-order valence-electron chi connectivity index (χ2n) is 3.69. The van der Waals surface area contributed by atoms with Crippen LogP contribution < -0.4 is 5.32 Å². The Morgan fingerprint density at radius 3 is 2.18 bits per heavy atom. The first-order valence-electron chi connectivity index (χ1n) is 5.72. The lowest BCUT2D eigenvalue weighted by Gasteiger charge is -2.19. The number of carbonyl (C=O) groups excluding carboxylic acids is 3. The van der Waals surface area contributed by atoms with Crippen LogP contribution in [0, 0.1) is 5.92 Å². The van der Waals surface area contributed by atoms with Crippen LogP contribution in [0.5, 0.6) is 0 Å². The molecule has 0 aromatic heterocycles. The molecule has 1 saturated heterocycles. The second kappa shape index (κ2) is 6.22. The summed E-state index contributed by atoms with van der Waals surface area (Å²) in [6, 6.07) is -0.513. The van der Waals surface area contributed by atoms with E-state index in [9.17, 15) is 14.4 Å². The SMILES string of the molecule is CCOC(=O)C(C(=O)OCC)[C@H]1CCC(=O)N1. The van der Waals surface area contributed by atoms with Gasteiger partial charge in [-0.3, -0.25) is 14.4 Å². The molecule has 1 atom stereocenters. The normalized spacial score (nSPS) is 19.0. The van der Waals surface area contributed by atoms with E-state index < -0.39 is 23.9 Å². The van der Waals surface area contributed by atoms with Gasteiger partial charge in [0.2, 0.25) is 5.91 Å². The smallest absolute Gasteiger partial charge is 0.322 e. The monoisotopic (exact) mass is 243 g/mol. The van der Waals surface area contributed by atoms with E-state index in [1.807, 2.05) is 0 Å². The molecule has 1 aliphatic heterocycles. The molecule has 6 nitrogen and oxygen atoms in total. The van der Waals surface area contributed by atoms with Crippen molar-refractivity contribution in [1.82, 2.24) is 5.32 Å². The molecule has 1 amide bonds. The summed E-state index contributed by atoms with van der Waals surface area (Å²) in [5.74, 6) is -2.49. The summed E-state index contributed by atoms with van der Waals surface area (Å²) in [4.78, 5) is 34.5. The van der Waals surface area contributed by atoms with Gasteiger partial charge in [-0.2, -0.15) is 0 Å². The van der Waals surface area contributed by atoms with Crippen molar-refractivity contribution in [2.75, 3.05) is 13.2 Å². The van der Waals surface area contributed by atoms with Crippen molar-refractivity contribution in [2.45, 2.75) is 32.7 Å². The minimum Gasteiger partial charge on any atom is -0.465 e. The number of esters is 2. The van der Waals surface area contributed by atoms with Gasteiger partial charge in [-0.1, -0.05) is 0 Å². The first kappa shape index (κ1) is 13.5. The molecule has 0 spiro atoms. The van der Waals surface area contributed by atoms with Gasteiger partial charge in [0.1, 0.15) is 0 Å². The quantitative estimate of drug-likeness (QED) is 0.543. The summed E-state index contributed by atoms with van der Waals surface area (Å²) in [5.41, 5.74) is 0. The molecule has 0 aromatic carbocycles. The fourth-order valence-corrected chi connectivity index (χ4v) is 1.78. The molecule has 0 aromatic rings. The summed E-state index contributed by atoms with van der Waals surface area (Å²) in [7, 11) is 0. The van der Waals surface area contributed by atoms with Crippen LogP contribution in [0.15, 0.2) is 0 Å². The lowest BCUT2D eigenvalue weighted by Crippen LogP contribution is -2.43. The fourth-order valence-electron chi connectivity index (χ4n) is 1.78. The van der Waals surface area contributed by atoms with Gasteiger partial charge in [-0.25, -0.2) is 0 Å². The number of hydrogen-bond donors (Lipinski definition) is 1. The average molecular weight is 243 g/mol. The molecule has 1 N–H and O–H groups in total. The molecular formula is C11H17NO5. The van der Waals surface area contributed by atoms with Crippen LogP contribution in [-0.2, 0) is 23.9 Å². The Hall–Kier alpha value is -1.59. The van der Waals surface area contributed by atoms with Gasteiger partial charge in [-0.05, 0) is 20.3 Å². The standard InChI is InChI=1S/C11H17NO5/c1-3-16-10(14)9(11(15)17-4-2)7-5-6-8(13)12-7/h7,9H,3-6H2,1-2H3,(H,12,13)/t7-/m1/s1. The third-order valence-corrected chi connectivity index (χ3v) is 2.51.